The van der Waals surface area contributed by atoms with E-state index in [9.17, 15) is 23.6 Å². The molecular formula is C23H29N5O6S. The first kappa shape index (κ1) is 26.3. The third kappa shape index (κ3) is 5.87. The second kappa shape index (κ2) is 11.4. The lowest BCUT2D eigenvalue weighted by Crippen LogP contribution is -2.32. The van der Waals surface area contributed by atoms with Crippen LogP contribution in [0, 0.1) is 18.3 Å². The van der Waals surface area contributed by atoms with E-state index in [1.54, 1.807) is 0 Å². The van der Waals surface area contributed by atoms with Gasteiger partial charge < -0.3 is 14.6 Å². The van der Waals surface area contributed by atoms with Gasteiger partial charge in [0.15, 0.2) is 5.69 Å². The highest BCUT2D eigenvalue weighted by Gasteiger charge is 2.24. The minimum Gasteiger partial charge on any atom is -0.495 e. The van der Waals surface area contributed by atoms with Gasteiger partial charge in [-0.15, -0.1) is 5.11 Å². The fourth-order valence-corrected chi connectivity index (χ4v) is 4.96. The largest absolute Gasteiger partial charge is 0.495 e. The molecule has 1 fully saturated rings. The van der Waals surface area contributed by atoms with Gasteiger partial charge in [-0.1, -0.05) is 13.3 Å². The van der Waals surface area contributed by atoms with E-state index >= 15 is 0 Å². The molecule has 1 atom stereocenters. The Morgan fingerprint density at radius 1 is 1.37 bits per heavy atom. The summed E-state index contributed by atoms with van der Waals surface area (Å²) >= 11 is 0. The topological polar surface area (TPSA) is 155 Å². The van der Waals surface area contributed by atoms with Crippen molar-refractivity contribution >= 4 is 21.4 Å². The average molecular weight is 504 g/mol. The minimum absolute atomic E-state index is 0.0639. The molecular weight excluding hydrogens is 474 g/mol. The number of hydrogen-bond donors (Lipinski definition) is 2. The maximum atomic E-state index is 12.9. The Morgan fingerprint density at radius 2 is 2.14 bits per heavy atom. The predicted molar refractivity (Wildman–Crippen MR) is 128 cm³/mol. The lowest BCUT2D eigenvalue weighted by Gasteiger charge is -2.14. The zero-order valence-electron chi connectivity index (χ0n) is 19.9. The lowest BCUT2D eigenvalue weighted by molar-refractivity contribution is 0.114. The number of rotatable bonds is 10. The summed E-state index contributed by atoms with van der Waals surface area (Å²) in [5, 5.41) is 27.9. The summed E-state index contributed by atoms with van der Waals surface area (Å²) in [5.41, 5.74) is -0.408. The van der Waals surface area contributed by atoms with E-state index in [1.807, 2.05) is 13.0 Å². The van der Waals surface area contributed by atoms with Crippen LogP contribution < -0.4 is 15.0 Å². The van der Waals surface area contributed by atoms with E-state index in [2.05, 4.69) is 15.0 Å². The number of nitrogens with zero attached hydrogens (tertiary/aromatic N) is 4. The van der Waals surface area contributed by atoms with E-state index in [-0.39, 0.29) is 52.3 Å². The van der Waals surface area contributed by atoms with E-state index in [0.29, 0.717) is 13.0 Å². The summed E-state index contributed by atoms with van der Waals surface area (Å²) in [6.07, 6.45) is 2.88. The summed E-state index contributed by atoms with van der Waals surface area (Å²) < 4.78 is 40.2. The maximum absolute atomic E-state index is 12.9. The van der Waals surface area contributed by atoms with Crippen molar-refractivity contribution in [3.63, 3.8) is 0 Å². The number of methoxy groups -OCH3 is 1. The van der Waals surface area contributed by atoms with Crippen LogP contribution in [-0.2, 0) is 21.3 Å². The molecule has 2 aromatic rings. The summed E-state index contributed by atoms with van der Waals surface area (Å²) in [6, 6.07) is 6.13. The third-order valence-electron chi connectivity index (χ3n) is 5.73. The molecule has 3 rings (SSSR count). The molecule has 1 aliphatic heterocycles. The van der Waals surface area contributed by atoms with Crippen LogP contribution in [-0.4, -0.2) is 44.5 Å². The standard InChI is InChI=1S/C23H29N5O6S/c1-4-5-10-28-22(29)18(13-24)15(2)21(23(28)30)27-26-16-8-9-19(33-3)20(12-16)35(31,32)25-14-17-7-6-11-34-17/h8-9,12,17,25,29H,4-7,10-11,14H2,1-3H3. The molecule has 0 saturated carbocycles. The quantitative estimate of drug-likeness (QED) is 0.471. The Balaban J connectivity index is 1.97. The van der Waals surface area contributed by atoms with Gasteiger partial charge in [-0.2, -0.15) is 10.4 Å². The van der Waals surface area contributed by atoms with Crippen LogP contribution in [0.3, 0.4) is 0 Å². The van der Waals surface area contributed by atoms with E-state index in [1.165, 1.54) is 32.2 Å². The molecule has 1 aromatic heterocycles. The van der Waals surface area contributed by atoms with E-state index in [0.717, 1.165) is 23.8 Å². The van der Waals surface area contributed by atoms with Crippen LogP contribution >= 0.6 is 0 Å². The molecule has 35 heavy (non-hydrogen) atoms. The Kier molecular flexibility index (Phi) is 8.61. The monoisotopic (exact) mass is 503 g/mol. The number of pyridine rings is 1. The fourth-order valence-electron chi connectivity index (χ4n) is 3.71. The smallest absolute Gasteiger partial charge is 0.281 e. The first-order valence-electron chi connectivity index (χ1n) is 11.3. The highest BCUT2D eigenvalue weighted by Crippen LogP contribution is 2.31. The van der Waals surface area contributed by atoms with Gasteiger partial charge in [-0.3, -0.25) is 9.36 Å². The molecule has 0 amide bonds. The van der Waals surface area contributed by atoms with Gasteiger partial charge in [0.1, 0.15) is 22.3 Å². The summed E-state index contributed by atoms with van der Waals surface area (Å²) in [7, 11) is -2.59. The van der Waals surface area contributed by atoms with Crippen LogP contribution in [0.15, 0.2) is 38.1 Å². The second-order valence-electron chi connectivity index (χ2n) is 8.12. The first-order chi connectivity index (χ1) is 16.7. The van der Waals surface area contributed by atoms with Gasteiger partial charge in [-0.05, 0) is 44.4 Å². The number of nitriles is 1. The number of sulfonamides is 1. The molecule has 0 radical (unpaired) electrons. The fraction of sp³-hybridized carbons (Fsp3) is 0.478. The SMILES string of the molecule is CCCCn1c(O)c(C#N)c(C)c(N=Nc2ccc(OC)c(S(=O)(=O)NCC3CCCO3)c2)c1=O. The van der Waals surface area contributed by atoms with Gasteiger partial charge in [0.2, 0.25) is 15.9 Å². The van der Waals surface area contributed by atoms with Crippen LogP contribution in [0.1, 0.15) is 43.7 Å². The lowest BCUT2D eigenvalue weighted by atomic mass is 10.1. The number of benzene rings is 1. The predicted octanol–water partition coefficient (Wildman–Crippen LogP) is 3.42. The molecule has 11 nitrogen and oxygen atoms in total. The molecule has 0 bridgehead atoms. The molecule has 12 heteroatoms. The van der Waals surface area contributed by atoms with E-state index in [4.69, 9.17) is 9.47 Å². The summed E-state index contributed by atoms with van der Waals surface area (Å²) in [6.45, 7) is 4.40. The third-order valence-corrected chi connectivity index (χ3v) is 7.18. The Labute approximate surface area is 204 Å². The Hall–Kier alpha value is -3.27. The number of ether oxygens (including phenoxy) is 2. The number of nitrogens with one attached hydrogen (secondary N) is 1. The Morgan fingerprint density at radius 3 is 2.77 bits per heavy atom. The normalized spacial score (nSPS) is 16.0. The number of azo groups is 1. The van der Waals surface area contributed by atoms with Gasteiger partial charge in [0, 0.05) is 25.3 Å². The number of aromatic hydroxyl groups is 1. The first-order valence-corrected chi connectivity index (χ1v) is 12.8. The van der Waals surface area contributed by atoms with Gasteiger partial charge in [0.05, 0.1) is 18.9 Å². The van der Waals surface area contributed by atoms with Crippen molar-refractivity contribution in [3.05, 3.63) is 39.7 Å². The highest BCUT2D eigenvalue weighted by molar-refractivity contribution is 7.89. The van der Waals surface area contributed by atoms with Gasteiger partial charge in [0.25, 0.3) is 5.56 Å². The maximum Gasteiger partial charge on any atom is 0.281 e. The molecule has 1 unspecified atom stereocenters. The van der Waals surface area contributed by atoms with E-state index < -0.39 is 21.5 Å². The molecule has 1 saturated heterocycles. The molecule has 2 N–H and O–H groups in total. The summed E-state index contributed by atoms with van der Waals surface area (Å²) in [5.74, 6) is -0.282. The number of hydrogen-bond acceptors (Lipinski definition) is 9. The zero-order valence-corrected chi connectivity index (χ0v) is 20.8. The molecule has 188 valence electrons. The van der Waals surface area contributed by atoms with Crippen molar-refractivity contribution in [1.29, 1.82) is 5.26 Å². The zero-order chi connectivity index (χ0) is 25.6. The number of unbranched alkanes of at least 4 members (excludes halogenated alkanes) is 1. The van der Waals surface area contributed by atoms with Crippen LogP contribution in [0.2, 0.25) is 0 Å². The average Bonchev–Trinajstić information content (AvgIpc) is 3.37. The molecule has 1 aliphatic rings. The Bertz CT molecular complexity index is 1310. The van der Waals surface area contributed by atoms with Crippen molar-refractivity contribution in [2.24, 2.45) is 10.2 Å². The van der Waals surface area contributed by atoms with Gasteiger partial charge in [-0.25, -0.2) is 13.1 Å². The van der Waals surface area contributed by atoms with Crippen molar-refractivity contribution < 1.29 is 23.0 Å². The van der Waals surface area contributed by atoms with Crippen molar-refractivity contribution in [2.45, 2.75) is 57.1 Å². The molecule has 0 aliphatic carbocycles. The number of aromatic nitrogens is 1. The minimum atomic E-state index is -3.94. The van der Waals surface area contributed by atoms with Crippen molar-refractivity contribution in [2.75, 3.05) is 20.3 Å². The summed E-state index contributed by atoms with van der Waals surface area (Å²) in [4.78, 5) is 12.8. The molecule has 1 aromatic carbocycles. The van der Waals surface area contributed by atoms with Crippen LogP contribution in [0.5, 0.6) is 11.6 Å². The molecule has 2 heterocycles. The van der Waals surface area contributed by atoms with Crippen LogP contribution in [0.4, 0.5) is 11.4 Å². The van der Waals surface area contributed by atoms with Gasteiger partial charge >= 0.3 is 0 Å². The van der Waals surface area contributed by atoms with Crippen LogP contribution in [0.25, 0.3) is 0 Å². The van der Waals surface area contributed by atoms with Crippen molar-refractivity contribution in [3.8, 4) is 17.7 Å². The van der Waals surface area contributed by atoms with Crippen molar-refractivity contribution in [1.82, 2.24) is 9.29 Å². The highest BCUT2D eigenvalue weighted by atomic mass is 32.2. The second-order valence-corrected chi connectivity index (χ2v) is 9.85. The molecule has 0 spiro atoms.